The molecule has 1 aromatic carbocycles. The normalized spacial score (nSPS) is 9.96. The van der Waals surface area contributed by atoms with E-state index in [1.807, 2.05) is 6.92 Å². The highest BCUT2D eigenvalue weighted by Crippen LogP contribution is 2.15. The van der Waals surface area contributed by atoms with Gasteiger partial charge in [-0.2, -0.15) is 0 Å². The molecule has 3 N–H and O–H groups in total. The number of esters is 1. The molecule has 0 aliphatic heterocycles. The van der Waals surface area contributed by atoms with E-state index in [2.05, 4.69) is 16.0 Å². The molecule has 0 aliphatic carbocycles. The van der Waals surface area contributed by atoms with E-state index in [-0.39, 0.29) is 11.5 Å². The van der Waals surface area contributed by atoms with Crippen molar-refractivity contribution in [3.63, 3.8) is 0 Å². The molecule has 1 aromatic heterocycles. The monoisotopic (exact) mass is 389 g/mol. The fourth-order valence-corrected chi connectivity index (χ4v) is 2.60. The van der Waals surface area contributed by atoms with Crippen LogP contribution >= 0.6 is 11.3 Å². The van der Waals surface area contributed by atoms with E-state index in [9.17, 15) is 19.2 Å². The predicted octanol–water partition coefficient (Wildman–Crippen LogP) is 2.39. The lowest BCUT2D eigenvalue weighted by atomic mass is 10.2. The Labute approximate surface area is 159 Å². The summed E-state index contributed by atoms with van der Waals surface area (Å²) < 4.78 is 4.89. The third-order valence-electron chi connectivity index (χ3n) is 3.22. The number of amides is 4. The zero-order valence-corrected chi connectivity index (χ0v) is 15.4. The molecule has 9 heteroatoms. The van der Waals surface area contributed by atoms with Gasteiger partial charge in [-0.3, -0.25) is 14.9 Å². The molecular formula is C18H19N3O5S. The number of carbonyl (C=O) groups excluding carboxylic acids is 4. The van der Waals surface area contributed by atoms with Crippen molar-refractivity contribution < 1.29 is 23.9 Å². The molecule has 0 atom stereocenters. The Kier molecular flexibility index (Phi) is 7.50. The zero-order valence-electron chi connectivity index (χ0n) is 14.6. The van der Waals surface area contributed by atoms with Gasteiger partial charge in [-0.15, -0.1) is 11.3 Å². The first-order chi connectivity index (χ1) is 13.0. The summed E-state index contributed by atoms with van der Waals surface area (Å²) in [6.45, 7) is 1.72. The number of nitrogens with one attached hydrogen (secondary N) is 3. The quantitative estimate of drug-likeness (QED) is 0.629. The maximum absolute atomic E-state index is 12.1. The summed E-state index contributed by atoms with van der Waals surface area (Å²) in [5.41, 5.74) is 0.591. The summed E-state index contributed by atoms with van der Waals surface area (Å²) in [5, 5.41) is 8.99. The summed E-state index contributed by atoms with van der Waals surface area (Å²) in [7, 11) is 0. The molecule has 2 rings (SSSR count). The second kappa shape index (κ2) is 10.1. The minimum atomic E-state index is -0.744. The van der Waals surface area contributed by atoms with Crippen LogP contribution in [0.5, 0.6) is 0 Å². The van der Waals surface area contributed by atoms with Gasteiger partial charge in [-0.25, -0.2) is 9.59 Å². The van der Waals surface area contributed by atoms with Crippen LogP contribution in [-0.2, 0) is 9.53 Å². The molecule has 4 amide bonds. The Morgan fingerprint density at radius 3 is 2.63 bits per heavy atom. The highest BCUT2D eigenvalue weighted by Gasteiger charge is 2.13. The Morgan fingerprint density at radius 1 is 1.11 bits per heavy atom. The summed E-state index contributed by atoms with van der Waals surface area (Å²) in [5.74, 6) is -1.77. The first-order valence-corrected chi connectivity index (χ1v) is 9.07. The van der Waals surface area contributed by atoms with Crippen LogP contribution in [0.4, 0.5) is 10.5 Å². The van der Waals surface area contributed by atoms with Gasteiger partial charge in [0.2, 0.25) is 0 Å². The van der Waals surface area contributed by atoms with Crippen LogP contribution < -0.4 is 16.0 Å². The standard InChI is InChI=1S/C18H19N3O5S/c1-2-8-19-18(25)21-15(22)11-26-17(24)12-5-3-6-13(10-12)20-16(23)14-7-4-9-27-14/h3-7,9-10H,2,8,11H2,1H3,(H,20,23)(H2,19,21,22,25). The van der Waals surface area contributed by atoms with Crippen LogP contribution in [-0.4, -0.2) is 37.0 Å². The fraction of sp³-hybridized carbons (Fsp3) is 0.222. The van der Waals surface area contributed by atoms with Crippen LogP contribution in [0.1, 0.15) is 33.4 Å². The number of imide groups is 1. The number of rotatable bonds is 7. The van der Waals surface area contributed by atoms with Crippen LogP contribution in [0.15, 0.2) is 41.8 Å². The molecule has 1 heterocycles. The van der Waals surface area contributed by atoms with Crippen LogP contribution in [0.25, 0.3) is 0 Å². The third kappa shape index (κ3) is 6.55. The van der Waals surface area contributed by atoms with Gasteiger partial charge in [0.1, 0.15) is 0 Å². The highest BCUT2D eigenvalue weighted by atomic mass is 32.1. The summed E-state index contributed by atoms with van der Waals surface area (Å²) >= 11 is 1.30. The van der Waals surface area contributed by atoms with Crippen molar-refractivity contribution in [2.24, 2.45) is 0 Å². The van der Waals surface area contributed by atoms with Crippen LogP contribution in [0.2, 0.25) is 0 Å². The number of thiophene rings is 1. The van der Waals surface area contributed by atoms with E-state index in [0.29, 0.717) is 17.1 Å². The van der Waals surface area contributed by atoms with E-state index >= 15 is 0 Å². The zero-order chi connectivity index (χ0) is 19.6. The first kappa shape index (κ1) is 20.1. The lowest BCUT2D eigenvalue weighted by molar-refractivity contribution is -0.123. The van der Waals surface area contributed by atoms with Crippen molar-refractivity contribution in [3.8, 4) is 0 Å². The smallest absolute Gasteiger partial charge is 0.338 e. The minimum Gasteiger partial charge on any atom is -0.452 e. The van der Waals surface area contributed by atoms with Gasteiger partial charge in [0.25, 0.3) is 11.8 Å². The number of hydrogen-bond donors (Lipinski definition) is 3. The molecule has 0 saturated heterocycles. The Balaban J connectivity index is 1.86. The molecule has 0 spiro atoms. The van der Waals surface area contributed by atoms with E-state index in [1.165, 1.54) is 23.5 Å². The van der Waals surface area contributed by atoms with Crippen molar-refractivity contribution in [1.82, 2.24) is 10.6 Å². The second-order valence-corrected chi connectivity index (χ2v) is 6.34. The molecule has 0 saturated carbocycles. The van der Waals surface area contributed by atoms with Crippen molar-refractivity contribution in [2.45, 2.75) is 13.3 Å². The van der Waals surface area contributed by atoms with Gasteiger partial charge in [-0.05, 0) is 36.1 Å². The molecule has 0 radical (unpaired) electrons. The van der Waals surface area contributed by atoms with Gasteiger partial charge in [0, 0.05) is 12.2 Å². The topological polar surface area (TPSA) is 114 Å². The van der Waals surface area contributed by atoms with Gasteiger partial charge >= 0.3 is 12.0 Å². The first-order valence-electron chi connectivity index (χ1n) is 8.19. The Hall–Kier alpha value is -3.20. The van der Waals surface area contributed by atoms with Crippen LogP contribution in [0, 0.1) is 0 Å². The minimum absolute atomic E-state index is 0.169. The molecular weight excluding hydrogens is 370 g/mol. The Morgan fingerprint density at radius 2 is 1.93 bits per heavy atom. The van der Waals surface area contributed by atoms with Gasteiger partial charge in [-0.1, -0.05) is 19.1 Å². The molecule has 142 valence electrons. The number of ether oxygens (including phenoxy) is 1. The maximum atomic E-state index is 12.1. The molecule has 0 bridgehead atoms. The summed E-state index contributed by atoms with van der Waals surface area (Å²) in [6, 6.07) is 8.96. The third-order valence-corrected chi connectivity index (χ3v) is 4.09. The fourth-order valence-electron chi connectivity index (χ4n) is 1.98. The maximum Gasteiger partial charge on any atom is 0.338 e. The molecule has 2 aromatic rings. The highest BCUT2D eigenvalue weighted by molar-refractivity contribution is 7.12. The molecule has 0 fully saturated rings. The largest absolute Gasteiger partial charge is 0.452 e. The van der Waals surface area contributed by atoms with Crippen LogP contribution in [0.3, 0.4) is 0 Å². The van der Waals surface area contributed by atoms with E-state index in [1.54, 1.807) is 29.6 Å². The number of carbonyl (C=O) groups is 4. The summed E-state index contributed by atoms with van der Waals surface area (Å²) in [4.78, 5) is 47.6. The van der Waals surface area contributed by atoms with Crippen molar-refractivity contribution in [3.05, 3.63) is 52.2 Å². The van der Waals surface area contributed by atoms with Gasteiger partial charge < -0.3 is 15.4 Å². The molecule has 0 unspecified atom stereocenters. The van der Waals surface area contributed by atoms with Gasteiger partial charge in [0.05, 0.1) is 10.4 Å². The molecule has 0 aliphatic rings. The predicted molar refractivity (Wildman–Crippen MR) is 101 cm³/mol. The number of benzene rings is 1. The number of anilines is 1. The lowest BCUT2D eigenvalue weighted by Crippen LogP contribution is -2.41. The summed E-state index contributed by atoms with van der Waals surface area (Å²) in [6.07, 6.45) is 0.732. The lowest BCUT2D eigenvalue weighted by Gasteiger charge is -2.08. The Bertz CT molecular complexity index is 820. The second-order valence-electron chi connectivity index (χ2n) is 5.39. The van der Waals surface area contributed by atoms with E-state index in [0.717, 1.165) is 6.42 Å². The number of urea groups is 1. The van der Waals surface area contributed by atoms with Crippen molar-refractivity contribution >= 4 is 40.8 Å². The molecule has 8 nitrogen and oxygen atoms in total. The SMILES string of the molecule is CCCNC(=O)NC(=O)COC(=O)c1cccc(NC(=O)c2cccs2)c1. The van der Waals surface area contributed by atoms with E-state index < -0.39 is 24.5 Å². The average molecular weight is 389 g/mol. The van der Waals surface area contributed by atoms with E-state index in [4.69, 9.17) is 4.74 Å². The molecule has 27 heavy (non-hydrogen) atoms. The van der Waals surface area contributed by atoms with Crippen molar-refractivity contribution in [1.29, 1.82) is 0 Å². The number of hydrogen-bond acceptors (Lipinski definition) is 6. The van der Waals surface area contributed by atoms with Gasteiger partial charge in [0.15, 0.2) is 6.61 Å². The van der Waals surface area contributed by atoms with Crippen molar-refractivity contribution in [2.75, 3.05) is 18.5 Å². The average Bonchev–Trinajstić information content (AvgIpc) is 3.19.